The van der Waals surface area contributed by atoms with Crippen molar-refractivity contribution in [2.45, 2.75) is 27.0 Å². The second-order valence-electron chi connectivity index (χ2n) is 6.98. The Bertz CT molecular complexity index is 1220. The van der Waals surface area contributed by atoms with Crippen LogP contribution < -0.4 is 10.1 Å². The summed E-state index contributed by atoms with van der Waals surface area (Å²) in [6, 6.07) is 15.1. The molecule has 2 heterocycles. The lowest BCUT2D eigenvalue weighted by Crippen LogP contribution is -2.16. The van der Waals surface area contributed by atoms with Crippen molar-refractivity contribution in [3.63, 3.8) is 0 Å². The molecule has 9 heteroatoms. The lowest BCUT2D eigenvalue weighted by Gasteiger charge is -2.07. The Morgan fingerprint density at radius 2 is 2.03 bits per heavy atom. The highest BCUT2D eigenvalue weighted by atomic mass is 35.5. The van der Waals surface area contributed by atoms with Crippen molar-refractivity contribution in [3.05, 3.63) is 88.0 Å². The van der Waals surface area contributed by atoms with Crippen molar-refractivity contribution in [3.8, 4) is 5.75 Å². The zero-order valence-corrected chi connectivity index (χ0v) is 17.8. The molecule has 158 valence electrons. The van der Waals surface area contributed by atoms with E-state index in [0.29, 0.717) is 28.6 Å². The highest BCUT2D eigenvalue weighted by Gasteiger charge is 2.21. The molecule has 1 N–H and O–H groups in total. The molecule has 2 aromatic heterocycles. The molecular weight excluding hydrogens is 418 g/mol. The van der Waals surface area contributed by atoms with Gasteiger partial charge in [0, 0.05) is 5.02 Å². The Kier molecular flexibility index (Phi) is 5.99. The molecular formula is C22H20ClN5O3. The summed E-state index contributed by atoms with van der Waals surface area (Å²) in [5.74, 6) is 0.889. The van der Waals surface area contributed by atoms with Crippen LogP contribution in [0.25, 0.3) is 0 Å². The van der Waals surface area contributed by atoms with E-state index >= 15 is 0 Å². The first-order valence-electron chi connectivity index (χ1n) is 9.58. The van der Waals surface area contributed by atoms with E-state index in [1.54, 1.807) is 11.6 Å². The fourth-order valence-electron chi connectivity index (χ4n) is 2.99. The van der Waals surface area contributed by atoms with E-state index in [2.05, 4.69) is 20.6 Å². The van der Waals surface area contributed by atoms with Gasteiger partial charge < -0.3 is 9.26 Å². The van der Waals surface area contributed by atoms with Crippen LogP contribution in [0.1, 0.15) is 32.9 Å². The Balaban J connectivity index is 1.43. The fourth-order valence-corrected chi connectivity index (χ4v) is 3.19. The number of benzene rings is 2. The average molecular weight is 438 g/mol. The first-order valence-corrected chi connectivity index (χ1v) is 9.96. The molecule has 0 unspecified atom stereocenters. The van der Waals surface area contributed by atoms with Crippen molar-refractivity contribution in [2.75, 3.05) is 5.32 Å². The largest absolute Gasteiger partial charge is 0.489 e. The molecule has 0 radical (unpaired) electrons. The quantitative estimate of drug-likeness (QED) is 0.460. The molecule has 4 aromatic rings. The summed E-state index contributed by atoms with van der Waals surface area (Å²) in [4.78, 5) is 16.9. The molecule has 31 heavy (non-hydrogen) atoms. The van der Waals surface area contributed by atoms with Crippen molar-refractivity contribution in [2.24, 2.45) is 0 Å². The number of carbonyl (C=O) groups is 1. The summed E-state index contributed by atoms with van der Waals surface area (Å²) in [5.41, 5.74) is 2.67. The van der Waals surface area contributed by atoms with Gasteiger partial charge in [0.05, 0.1) is 12.1 Å². The highest BCUT2D eigenvalue weighted by molar-refractivity contribution is 6.31. The van der Waals surface area contributed by atoms with Gasteiger partial charge in [-0.25, -0.2) is 9.67 Å². The molecule has 0 atom stereocenters. The predicted octanol–water partition coefficient (Wildman–Crippen LogP) is 4.42. The summed E-state index contributed by atoms with van der Waals surface area (Å²) in [5, 5.41) is 11.4. The van der Waals surface area contributed by atoms with E-state index in [1.807, 2.05) is 55.5 Å². The van der Waals surface area contributed by atoms with Gasteiger partial charge in [0.1, 0.15) is 24.4 Å². The molecule has 0 aliphatic carbocycles. The third kappa shape index (κ3) is 4.92. The minimum absolute atomic E-state index is 0.132. The number of ether oxygens (including phenoxy) is 1. The van der Waals surface area contributed by atoms with Crippen molar-refractivity contribution in [1.82, 2.24) is 19.9 Å². The number of carbonyl (C=O) groups excluding carboxylic acids is 1. The molecule has 2 aromatic carbocycles. The standard InChI is InChI=1S/C22H20ClN5O3/c1-14-6-5-8-17(10-14)30-12-18-15(2)31-27-20(18)21(29)25-22-24-13-28(26-22)11-16-7-3-4-9-19(16)23/h3-10,13H,11-12H2,1-2H3,(H,25,26,29). The maximum absolute atomic E-state index is 12.7. The number of anilines is 1. The molecule has 0 fully saturated rings. The van der Waals surface area contributed by atoms with Crippen molar-refractivity contribution < 1.29 is 14.1 Å². The summed E-state index contributed by atoms with van der Waals surface area (Å²) >= 11 is 6.19. The zero-order chi connectivity index (χ0) is 21.8. The lowest BCUT2D eigenvalue weighted by atomic mass is 10.2. The van der Waals surface area contributed by atoms with Crippen LogP contribution in [0.5, 0.6) is 5.75 Å². The van der Waals surface area contributed by atoms with Crippen molar-refractivity contribution >= 4 is 23.5 Å². The molecule has 0 aliphatic rings. The second-order valence-corrected chi connectivity index (χ2v) is 7.39. The smallest absolute Gasteiger partial charge is 0.280 e. The summed E-state index contributed by atoms with van der Waals surface area (Å²) in [6.07, 6.45) is 1.52. The Morgan fingerprint density at radius 1 is 1.19 bits per heavy atom. The Labute approximate surface area is 183 Å². The topological polar surface area (TPSA) is 95.1 Å². The number of halogens is 1. The number of rotatable bonds is 7. The second kappa shape index (κ2) is 9.01. The molecule has 8 nitrogen and oxygen atoms in total. The van der Waals surface area contributed by atoms with Crippen LogP contribution in [0.3, 0.4) is 0 Å². The van der Waals surface area contributed by atoms with Gasteiger partial charge in [-0.1, -0.05) is 47.1 Å². The number of nitrogens with one attached hydrogen (secondary N) is 1. The predicted molar refractivity (Wildman–Crippen MR) is 115 cm³/mol. The first-order chi connectivity index (χ1) is 15.0. The van der Waals surface area contributed by atoms with Gasteiger partial charge in [-0.2, -0.15) is 0 Å². The normalized spacial score (nSPS) is 10.8. The monoisotopic (exact) mass is 437 g/mol. The summed E-state index contributed by atoms with van der Waals surface area (Å²) < 4.78 is 12.6. The molecule has 0 saturated heterocycles. The number of aromatic nitrogens is 4. The third-order valence-corrected chi connectivity index (χ3v) is 4.99. The molecule has 4 rings (SSSR count). The van der Waals surface area contributed by atoms with E-state index in [0.717, 1.165) is 11.1 Å². The van der Waals surface area contributed by atoms with E-state index in [1.165, 1.54) is 6.33 Å². The highest BCUT2D eigenvalue weighted by Crippen LogP contribution is 2.20. The maximum Gasteiger partial charge on any atom is 0.280 e. The van der Waals surface area contributed by atoms with Crippen LogP contribution in [-0.2, 0) is 13.2 Å². The van der Waals surface area contributed by atoms with E-state index in [4.69, 9.17) is 20.9 Å². The minimum Gasteiger partial charge on any atom is -0.489 e. The molecule has 0 aliphatic heterocycles. The van der Waals surface area contributed by atoms with E-state index in [9.17, 15) is 4.79 Å². The van der Waals surface area contributed by atoms with Crippen LogP contribution in [0.15, 0.2) is 59.4 Å². The van der Waals surface area contributed by atoms with Crippen LogP contribution in [-0.4, -0.2) is 25.8 Å². The van der Waals surface area contributed by atoms with Gasteiger partial charge in [-0.3, -0.25) is 10.1 Å². The summed E-state index contributed by atoms with van der Waals surface area (Å²) in [6.45, 7) is 4.29. The summed E-state index contributed by atoms with van der Waals surface area (Å²) in [7, 11) is 0. The van der Waals surface area contributed by atoms with Crippen molar-refractivity contribution in [1.29, 1.82) is 0 Å². The van der Waals surface area contributed by atoms with Gasteiger partial charge in [-0.05, 0) is 43.2 Å². The minimum atomic E-state index is -0.477. The number of hydrogen-bond acceptors (Lipinski definition) is 6. The fraction of sp³-hybridized carbons (Fsp3) is 0.182. The maximum atomic E-state index is 12.7. The Morgan fingerprint density at radius 3 is 2.84 bits per heavy atom. The van der Waals surface area contributed by atoms with Gasteiger partial charge in [-0.15, -0.1) is 5.10 Å². The molecule has 0 spiro atoms. The van der Waals surface area contributed by atoms with Gasteiger partial charge in [0.25, 0.3) is 5.91 Å². The Hall–Kier alpha value is -3.65. The average Bonchev–Trinajstić information content (AvgIpc) is 3.34. The third-order valence-electron chi connectivity index (χ3n) is 4.62. The molecule has 0 saturated carbocycles. The lowest BCUT2D eigenvalue weighted by molar-refractivity contribution is 0.101. The SMILES string of the molecule is Cc1cccc(OCc2c(C(=O)Nc3ncn(Cc4ccccc4Cl)n3)noc2C)c1. The number of hydrogen-bond donors (Lipinski definition) is 1. The number of aryl methyl sites for hydroxylation is 2. The van der Waals surface area contributed by atoms with Gasteiger partial charge in [0.15, 0.2) is 5.69 Å². The molecule has 0 bridgehead atoms. The first kappa shape index (κ1) is 20.6. The molecule has 1 amide bonds. The van der Waals surface area contributed by atoms with Crippen LogP contribution >= 0.6 is 11.6 Å². The van der Waals surface area contributed by atoms with Gasteiger partial charge >= 0.3 is 0 Å². The van der Waals surface area contributed by atoms with Gasteiger partial charge in [0.2, 0.25) is 5.95 Å². The zero-order valence-electron chi connectivity index (χ0n) is 17.0. The number of nitrogens with zero attached hydrogens (tertiary/aromatic N) is 4. The number of amides is 1. The van der Waals surface area contributed by atoms with Crippen LogP contribution in [0.2, 0.25) is 5.02 Å². The van der Waals surface area contributed by atoms with E-state index in [-0.39, 0.29) is 18.2 Å². The van der Waals surface area contributed by atoms with Crippen LogP contribution in [0, 0.1) is 13.8 Å². The van der Waals surface area contributed by atoms with Crippen LogP contribution in [0.4, 0.5) is 5.95 Å². The van der Waals surface area contributed by atoms with E-state index < -0.39 is 5.91 Å².